The highest BCUT2D eigenvalue weighted by atomic mass is 32.2. The maximum absolute atomic E-state index is 12.5. The van der Waals surface area contributed by atoms with Crippen molar-refractivity contribution < 1.29 is 22.4 Å². The first-order valence-electron chi connectivity index (χ1n) is 9.24. The molecule has 2 heterocycles. The van der Waals surface area contributed by atoms with Crippen molar-refractivity contribution in [1.82, 2.24) is 9.29 Å². The molecule has 0 radical (unpaired) electrons. The number of aromatic nitrogens is 1. The molecule has 1 amide bonds. The summed E-state index contributed by atoms with van der Waals surface area (Å²) in [6.45, 7) is 0.0558. The fourth-order valence-corrected chi connectivity index (χ4v) is 4.38. The number of benzene rings is 2. The Morgan fingerprint density at radius 3 is 2.55 bits per heavy atom. The Labute approximate surface area is 183 Å². The summed E-state index contributed by atoms with van der Waals surface area (Å²) in [4.78, 5) is 16.9. The van der Waals surface area contributed by atoms with E-state index in [0.29, 0.717) is 22.2 Å². The van der Waals surface area contributed by atoms with E-state index >= 15 is 0 Å². The summed E-state index contributed by atoms with van der Waals surface area (Å²) < 4.78 is 37.2. The summed E-state index contributed by atoms with van der Waals surface area (Å²) >= 11 is 1.41. The Morgan fingerprint density at radius 1 is 1.10 bits per heavy atom. The molecule has 10 heteroatoms. The smallest absolute Gasteiger partial charge is 0.275 e. The van der Waals surface area contributed by atoms with Gasteiger partial charge in [0.25, 0.3) is 15.9 Å². The van der Waals surface area contributed by atoms with Crippen LogP contribution in [-0.4, -0.2) is 37.7 Å². The Hall–Kier alpha value is -3.21. The number of carbonyl (C=O) groups is 1. The van der Waals surface area contributed by atoms with Gasteiger partial charge in [-0.25, -0.2) is 17.7 Å². The summed E-state index contributed by atoms with van der Waals surface area (Å²) in [6.07, 6.45) is 0. The Morgan fingerprint density at radius 2 is 1.84 bits per heavy atom. The number of nitrogens with zero attached hydrogens (tertiary/aromatic N) is 2. The van der Waals surface area contributed by atoms with E-state index < -0.39 is 10.0 Å². The molecule has 160 valence electrons. The molecule has 4 aromatic rings. The molecule has 2 aromatic heterocycles. The zero-order chi connectivity index (χ0) is 22.0. The van der Waals surface area contributed by atoms with E-state index in [9.17, 15) is 13.2 Å². The molecule has 0 aliphatic carbocycles. The van der Waals surface area contributed by atoms with Crippen molar-refractivity contribution in [2.75, 3.05) is 19.4 Å². The summed E-state index contributed by atoms with van der Waals surface area (Å²) in [6, 6.07) is 17.2. The van der Waals surface area contributed by atoms with E-state index in [1.807, 2.05) is 24.3 Å². The Bertz CT molecular complexity index is 1290. The van der Waals surface area contributed by atoms with Crippen LogP contribution in [-0.2, 0) is 16.6 Å². The maximum atomic E-state index is 12.5. The predicted octanol–water partition coefficient (Wildman–Crippen LogP) is 3.97. The fraction of sp³-hybridized carbons (Fsp3) is 0.143. The van der Waals surface area contributed by atoms with Gasteiger partial charge in [-0.2, -0.15) is 0 Å². The second kappa shape index (κ2) is 8.50. The maximum Gasteiger partial charge on any atom is 0.275 e. The summed E-state index contributed by atoms with van der Waals surface area (Å²) in [5, 5.41) is 3.20. The van der Waals surface area contributed by atoms with Crippen LogP contribution in [0.25, 0.3) is 10.2 Å². The van der Waals surface area contributed by atoms with Gasteiger partial charge >= 0.3 is 0 Å². The van der Waals surface area contributed by atoms with Crippen LogP contribution >= 0.6 is 11.3 Å². The van der Waals surface area contributed by atoms with Crippen LogP contribution in [0.5, 0.6) is 5.75 Å². The van der Waals surface area contributed by atoms with Crippen molar-refractivity contribution >= 4 is 42.6 Å². The minimum absolute atomic E-state index is 0.0558. The summed E-state index contributed by atoms with van der Waals surface area (Å²) in [7, 11) is -0.760. The standard InChI is InChI=1S/C21H19N3O5S2/c1-24(2)31(26,27)19-12-11-16(29-19)13-28-15-9-7-14(8-10-15)20(25)23-21-22-17-5-3-4-6-18(17)30-21/h3-12H,13H2,1-2H3,(H,22,23,25). The fourth-order valence-electron chi connectivity index (χ4n) is 2.71. The molecule has 2 aromatic carbocycles. The molecular weight excluding hydrogens is 438 g/mol. The van der Waals surface area contributed by atoms with Gasteiger partial charge in [0.2, 0.25) is 5.09 Å². The van der Waals surface area contributed by atoms with Gasteiger partial charge < -0.3 is 9.15 Å². The molecule has 0 saturated carbocycles. The first-order valence-corrected chi connectivity index (χ1v) is 11.5. The number of hydrogen-bond acceptors (Lipinski definition) is 7. The van der Waals surface area contributed by atoms with Crippen molar-refractivity contribution in [3.8, 4) is 5.75 Å². The van der Waals surface area contributed by atoms with Gasteiger partial charge in [0.15, 0.2) is 5.13 Å². The van der Waals surface area contributed by atoms with E-state index in [1.54, 1.807) is 30.3 Å². The zero-order valence-electron chi connectivity index (χ0n) is 16.7. The number of para-hydroxylation sites is 1. The van der Waals surface area contributed by atoms with Crippen molar-refractivity contribution in [1.29, 1.82) is 0 Å². The van der Waals surface area contributed by atoms with Gasteiger partial charge in [-0.05, 0) is 48.5 Å². The molecule has 8 nitrogen and oxygen atoms in total. The highest BCUT2D eigenvalue weighted by Gasteiger charge is 2.21. The third-order valence-corrected chi connectivity index (χ3v) is 7.03. The number of amides is 1. The number of anilines is 1. The van der Waals surface area contributed by atoms with E-state index in [0.717, 1.165) is 14.5 Å². The number of sulfonamides is 1. The zero-order valence-corrected chi connectivity index (χ0v) is 18.4. The highest BCUT2D eigenvalue weighted by Crippen LogP contribution is 2.26. The number of nitrogens with one attached hydrogen (secondary N) is 1. The lowest BCUT2D eigenvalue weighted by molar-refractivity contribution is 0.102. The average molecular weight is 458 g/mol. The van der Waals surface area contributed by atoms with Gasteiger partial charge in [0.1, 0.15) is 18.1 Å². The third kappa shape index (κ3) is 4.61. The molecule has 31 heavy (non-hydrogen) atoms. The average Bonchev–Trinajstić information content (AvgIpc) is 3.39. The minimum atomic E-state index is -3.63. The summed E-state index contributed by atoms with van der Waals surface area (Å²) in [5.41, 5.74) is 1.30. The van der Waals surface area contributed by atoms with Gasteiger partial charge in [-0.1, -0.05) is 23.5 Å². The second-order valence-corrected chi connectivity index (χ2v) is 9.88. The SMILES string of the molecule is CN(C)S(=O)(=O)c1ccc(COc2ccc(C(=O)Nc3nc4ccccc4s3)cc2)o1. The van der Waals surface area contributed by atoms with Crippen LogP contribution in [0.1, 0.15) is 16.1 Å². The lowest BCUT2D eigenvalue weighted by Gasteiger charge is -2.08. The Kier molecular flexibility index (Phi) is 5.77. The Balaban J connectivity index is 1.37. The van der Waals surface area contributed by atoms with Crippen LogP contribution in [0, 0.1) is 0 Å². The quantitative estimate of drug-likeness (QED) is 0.451. The van der Waals surface area contributed by atoms with Gasteiger partial charge in [0, 0.05) is 19.7 Å². The first kappa shape index (κ1) is 21.0. The van der Waals surface area contributed by atoms with Gasteiger partial charge in [-0.15, -0.1) is 0 Å². The van der Waals surface area contributed by atoms with Crippen molar-refractivity contribution in [3.05, 3.63) is 72.0 Å². The molecule has 1 N–H and O–H groups in total. The lowest BCUT2D eigenvalue weighted by atomic mass is 10.2. The monoisotopic (exact) mass is 457 g/mol. The molecule has 0 unspecified atom stereocenters. The number of rotatable bonds is 7. The van der Waals surface area contributed by atoms with Crippen LogP contribution in [0.15, 0.2) is 70.2 Å². The lowest BCUT2D eigenvalue weighted by Crippen LogP contribution is -2.21. The number of carbonyl (C=O) groups excluding carboxylic acids is 1. The number of thiazole rings is 1. The van der Waals surface area contributed by atoms with Gasteiger partial charge in [-0.3, -0.25) is 10.1 Å². The number of fused-ring (bicyclic) bond motifs is 1. The summed E-state index contributed by atoms with van der Waals surface area (Å²) in [5.74, 6) is 0.623. The highest BCUT2D eigenvalue weighted by molar-refractivity contribution is 7.88. The van der Waals surface area contributed by atoms with E-state index in [2.05, 4.69) is 10.3 Å². The predicted molar refractivity (Wildman–Crippen MR) is 118 cm³/mol. The van der Waals surface area contributed by atoms with E-state index in [1.165, 1.54) is 31.5 Å². The molecular formula is C21H19N3O5S2. The van der Waals surface area contributed by atoms with E-state index in [-0.39, 0.29) is 17.6 Å². The number of hydrogen-bond donors (Lipinski definition) is 1. The molecule has 0 spiro atoms. The van der Waals surface area contributed by atoms with Crippen LogP contribution < -0.4 is 10.1 Å². The minimum Gasteiger partial charge on any atom is -0.486 e. The van der Waals surface area contributed by atoms with Crippen LogP contribution in [0.4, 0.5) is 5.13 Å². The topological polar surface area (TPSA) is 102 Å². The molecule has 0 bridgehead atoms. The van der Waals surface area contributed by atoms with Crippen LogP contribution in [0.2, 0.25) is 0 Å². The molecule has 0 fully saturated rings. The number of ether oxygens (including phenoxy) is 1. The normalized spacial score (nSPS) is 11.7. The second-order valence-electron chi connectivity index (χ2n) is 6.76. The number of furan rings is 1. The third-order valence-electron chi connectivity index (χ3n) is 4.38. The van der Waals surface area contributed by atoms with Crippen molar-refractivity contribution in [3.63, 3.8) is 0 Å². The molecule has 0 atom stereocenters. The molecule has 0 aliphatic heterocycles. The van der Waals surface area contributed by atoms with Crippen molar-refractivity contribution in [2.45, 2.75) is 11.7 Å². The largest absolute Gasteiger partial charge is 0.486 e. The molecule has 0 aliphatic rings. The van der Waals surface area contributed by atoms with Crippen LogP contribution in [0.3, 0.4) is 0 Å². The molecule has 0 saturated heterocycles. The first-order chi connectivity index (χ1) is 14.8. The van der Waals surface area contributed by atoms with Gasteiger partial charge in [0.05, 0.1) is 10.2 Å². The van der Waals surface area contributed by atoms with Crippen molar-refractivity contribution in [2.24, 2.45) is 0 Å². The van der Waals surface area contributed by atoms with E-state index in [4.69, 9.17) is 9.15 Å². The molecule has 4 rings (SSSR count).